The van der Waals surface area contributed by atoms with E-state index in [9.17, 15) is 4.79 Å². The molecule has 1 saturated heterocycles. The number of carbonyl (C=O) groups is 1. The van der Waals surface area contributed by atoms with Crippen molar-refractivity contribution in [3.8, 4) is 5.69 Å². The van der Waals surface area contributed by atoms with Crippen LogP contribution in [0.2, 0.25) is 0 Å². The van der Waals surface area contributed by atoms with Crippen molar-refractivity contribution in [2.45, 2.75) is 19.4 Å². The number of carbonyl (C=O) groups excluding carboxylic acids is 1. The largest absolute Gasteiger partial charge is 0.357 e. The fraction of sp³-hybridized carbons (Fsp3) is 0.263. The van der Waals surface area contributed by atoms with Gasteiger partial charge in [0, 0.05) is 31.4 Å². The quantitative estimate of drug-likeness (QED) is 0.765. The molecule has 1 amide bonds. The molecule has 1 aliphatic rings. The first-order chi connectivity index (χ1) is 12.8. The number of hydrogen-bond acceptors (Lipinski definition) is 5. The third kappa shape index (κ3) is 3.56. The molecule has 0 atom stereocenters. The highest BCUT2D eigenvalue weighted by atomic mass is 16.1. The minimum absolute atomic E-state index is 0.102. The second kappa shape index (κ2) is 7.35. The van der Waals surface area contributed by atoms with Gasteiger partial charge < -0.3 is 10.2 Å². The molecule has 0 bridgehead atoms. The standard InChI is InChI=1S/C19H20N6O/c26-19(16-3-5-17(6-4-16)25-14-20-13-23-25)22-12-15-7-8-21-18(11-15)24-9-1-2-10-24/h3-8,11,13-14H,1-2,9-10,12H2,(H,22,26). The van der Waals surface area contributed by atoms with Crippen LogP contribution in [-0.4, -0.2) is 38.7 Å². The predicted molar refractivity (Wildman–Crippen MR) is 98.2 cm³/mol. The lowest BCUT2D eigenvalue weighted by atomic mass is 10.2. The lowest BCUT2D eigenvalue weighted by Gasteiger charge is -2.17. The Hall–Kier alpha value is -3.22. The molecule has 1 aromatic carbocycles. The van der Waals surface area contributed by atoms with Gasteiger partial charge in [0.2, 0.25) is 0 Å². The fourth-order valence-corrected chi connectivity index (χ4v) is 3.08. The lowest BCUT2D eigenvalue weighted by molar-refractivity contribution is 0.0951. The van der Waals surface area contributed by atoms with Gasteiger partial charge in [-0.25, -0.2) is 14.6 Å². The fourth-order valence-electron chi connectivity index (χ4n) is 3.08. The molecule has 0 aliphatic carbocycles. The third-order valence-electron chi connectivity index (χ3n) is 4.51. The van der Waals surface area contributed by atoms with Crippen molar-refractivity contribution >= 4 is 11.7 Å². The van der Waals surface area contributed by atoms with Crippen LogP contribution in [0, 0.1) is 0 Å². The minimum Gasteiger partial charge on any atom is -0.357 e. The molecule has 0 saturated carbocycles. The van der Waals surface area contributed by atoms with Gasteiger partial charge in [-0.3, -0.25) is 4.79 Å². The highest BCUT2D eigenvalue weighted by molar-refractivity contribution is 5.94. The maximum absolute atomic E-state index is 12.4. The summed E-state index contributed by atoms with van der Waals surface area (Å²) in [4.78, 5) is 23.0. The number of anilines is 1. The SMILES string of the molecule is O=C(NCc1ccnc(N2CCCC2)c1)c1ccc(-n2cncn2)cc1. The molecule has 2 aromatic heterocycles. The van der Waals surface area contributed by atoms with E-state index in [4.69, 9.17) is 0 Å². The Morgan fingerprint density at radius 2 is 1.92 bits per heavy atom. The van der Waals surface area contributed by atoms with Crippen LogP contribution in [0.15, 0.2) is 55.2 Å². The van der Waals surface area contributed by atoms with Gasteiger partial charge in [0.05, 0.1) is 5.69 Å². The van der Waals surface area contributed by atoms with Gasteiger partial charge in [-0.05, 0) is 54.8 Å². The molecule has 7 nitrogen and oxygen atoms in total. The number of hydrogen-bond donors (Lipinski definition) is 1. The Morgan fingerprint density at radius 3 is 2.65 bits per heavy atom. The Kier molecular flexibility index (Phi) is 4.59. The minimum atomic E-state index is -0.102. The van der Waals surface area contributed by atoms with E-state index >= 15 is 0 Å². The van der Waals surface area contributed by atoms with E-state index in [1.54, 1.807) is 23.1 Å². The van der Waals surface area contributed by atoms with E-state index in [1.807, 2.05) is 24.4 Å². The van der Waals surface area contributed by atoms with Crippen LogP contribution in [0.1, 0.15) is 28.8 Å². The topological polar surface area (TPSA) is 75.9 Å². The summed E-state index contributed by atoms with van der Waals surface area (Å²) < 4.78 is 1.65. The van der Waals surface area contributed by atoms with Crippen molar-refractivity contribution in [1.29, 1.82) is 0 Å². The second-order valence-electron chi connectivity index (χ2n) is 6.29. The van der Waals surface area contributed by atoms with Crippen LogP contribution >= 0.6 is 0 Å². The number of benzene rings is 1. The van der Waals surface area contributed by atoms with Crippen LogP contribution < -0.4 is 10.2 Å². The zero-order valence-electron chi connectivity index (χ0n) is 14.4. The average Bonchev–Trinajstić information content (AvgIpc) is 3.40. The summed E-state index contributed by atoms with van der Waals surface area (Å²) in [6, 6.07) is 11.3. The van der Waals surface area contributed by atoms with Crippen molar-refractivity contribution in [3.05, 3.63) is 66.4 Å². The second-order valence-corrected chi connectivity index (χ2v) is 6.29. The van der Waals surface area contributed by atoms with Gasteiger partial charge in [0.25, 0.3) is 5.91 Å². The maximum Gasteiger partial charge on any atom is 0.251 e. The van der Waals surface area contributed by atoms with Gasteiger partial charge in [-0.2, -0.15) is 5.10 Å². The number of pyridine rings is 1. The summed E-state index contributed by atoms with van der Waals surface area (Å²) >= 11 is 0. The molecule has 0 unspecified atom stereocenters. The summed E-state index contributed by atoms with van der Waals surface area (Å²) in [6.45, 7) is 2.59. The van der Waals surface area contributed by atoms with Crippen LogP contribution in [0.25, 0.3) is 5.69 Å². The monoisotopic (exact) mass is 348 g/mol. The van der Waals surface area contributed by atoms with E-state index in [1.165, 1.54) is 19.2 Å². The van der Waals surface area contributed by atoms with Crippen LogP contribution in [-0.2, 0) is 6.54 Å². The van der Waals surface area contributed by atoms with Crippen LogP contribution in [0.4, 0.5) is 5.82 Å². The molecule has 26 heavy (non-hydrogen) atoms. The summed E-state index contributed by atoms with van der Waals surface area (Å²) in [5.74, 6) is 0.890. The molecular weight excluding hydrogens is 328 g/mol. The highest BCUT2D eigenvalue weighted by Crippen LogP contribution is 2.18. The van der Waals surface area contributed by atoms with Crippen molar-refractivity contribution in [2.24, 2.45) is 0 Å². The van der Waals surface area contributed by atoms with Gasteiger partial charge in [-0.15, -0.1) is 0 Å². The molecular formula is C19H20N6O. The van der Waals surface area contributed by atoms with E-state index < -0.39 is 0 Å². The highest BCUT2D eigenvalue weighted by Gasteiger charge is 2.14. The maximum atomic E-state index is 12.4. The van der Waals surface area contributed by atoms with Crippen LogP contribution in [0.5, 0.6) is 0 Å². The average molecular weight is 348 g/mol. The Labute approximate surface area is 151 Å². The van der Waals surface area contributed by atoms with Crippen molar-refractivity contribution in [1.82, 2.24) is 25.1 Å². The molecule has 1 aliphatic heterocycles. The zero-order chi connectivity index (χ0) is 17.8. The third-order valence-corrected chi connectivity index (χ3v) is 4.51. The number of rotatable bonds is 5. The first-order valence-electron chi connectivity index (χ1n) is 8.73. The molecule has 3 aromatic rings. The van der Waals surface area contributed by atoms with E-state index in [-0.39, 0.29) is 5.91 Å². The Bertz CT molecular complexity index is 869. The smallest absolute Gasteiger partial charge is 0.251 e. The summed E-state index contributed by atoms with van der Waals surface area (Å²) in [5.41, 5.74) is 2.53. The zero-order valence-corrected chi connectivity index (χ0v) is 14.4. The normalized spacial score (nSPS) is 13.8. The van der Waals surface area contributed by atoms with E-state index in [2.05, 4.69) is 31.3 Å². The predicted octanol–water partition coefficient (Wildman–Crippen LogP) is 2.19. The molecule has 1 N–H and O–H groups in total. The van der Waals surface area contributed by atoms with Crippen LogP contribution in [0.3, 0.4) is 0 Å². The summed E-state index contributed by atoms with van der Waals surface area (Å²) in [7, 11) is 0. The lowest BCUT2D eigenvalue weighted by Crippen LogP contribution is -2.23. The Balaban J connectivity index is 1.38. The summed E-state index contributed by atoms with van der Waals surface area (Å²) in [5, 5.41) is 7.04. The van der Waals surface area contributed by atoms with Crippen molar-refractivity contribution in [3.63, 3.8) is 0 Å². The molecule has 0 radical (unpaired) electrons. The number of nitrogens with one attached hydrogen (secondary N) is 1. The van der Waals surface area contributed by atoms with Crippen molar-refractivity contribution < 1.29 is 4.79 Å². The van der Waals surface area contributed by atoms with E-state index in [0.29, 0.717) is 12.1 Å². The number of nitrogens with zero attached hydrogens (tertiary/aromatic N) is 5. The first kappa shape index (κ1) is 16.3. The molecule has 7 heteroatoms. The number of aromatic nitrogens is 4. The molecule has 3 heterocycles. The molecule has 0 spiro atoms. The van der Waals surface area contributed by atoms with Gasteiger partial charge in [-0.1, -0.05) is 0 Å². The Morgan fingerprint density at radius 1 is 1.12 bits per heavy atom. The molecule has 1 fully saturated rings. The van der Waals surface area contributed by atoms with Crippen molar-refractivity contribution in [2.75, 3.05) is 18.0 Å². The van der Waals surface area contributed by atoms with E-state index in [0.717, 1.165) is 30.2 Å². The number of amides is 1. The first-order valence-corrected chi connectivity index (χ1v) is 8.73. The van der Waals surface area contributed by atoms with Gasteiger partial charge >= 0.3 is 0 Å². The summed E-state index contributed by atoms with van der Waals surface area (Å²) in [6.07, 6.45) is 7.34. The molecule has 4 rings (SSSR count). The van der Waals surface area contributed by atoms with Gasteiger partial charge in [0.15, 0.2) is 0 Å². The van der Waals surface area contributed by atoms with Gasteiger partial charge in [0.1, 0.15) is 18.5 Å². The molecule has 132 valence electrons.